The zero-order valence-corrected chi connectivity index (χ0v) is 21.6. The Morgan fingerprint density at radius 1 is 1.16 bits per heavy atom. The van der Waals surface area contributed by atoms with E-state index in [4.69, 9.17) is 0 Å². The highest BCUT2D eigenvalue weighted by Gasteiger charge is 2.35. The Kier molecular flexibility index (Phi) is 7.38. The fourth-order valence-corrected chi connectivity index (χ4v) is 5.37. The SMILES string of the molecule is CC(C)[C@H]1c2ncc(C(=O)NCCc3ccc4c(n3)NCCC4)cc2CN1Cc1ccc(C(F)(F)F)cc1. The molecule has 0 radical (unpaired) electrons. The molecule has 1 atom stereocenters. The lowest BCUT2D eigenvalue weighted by Crippen LogP contribution is -2.26. The van der Waals surface area contributed by atoms with E-state index < -0.39 is 11.7 Å². The van der Waals surface area contributed by atoms with Crippen molar-refractivity contribution in [3.8, 4) is 0 Å². The summed E-state index contributed by atoms with van der Waals surface area (Å²) >= 11 is 0. The van der Waals surface area contributed by atoms with Gasteiger partial charge >= 0.3 is 6.18 Å². The van der Waals surface area contributed by atoms with Crippen LogP contribution >= 0.6 is 0 Å². The van der Waals surface area contributed by atoms with Gasteiger partial charge in [0.15, 0.2) is 0 Å². The van der Waals surface area contributed by atoms with E-state index >= 15 is 0 Å². The van der Waals surface area contributed by atoms with Crippen LogP contribution in [0.3, 0.4) is 0 Å². The lowest BCUT2D eigenvalue weighted by molar-refractivity contribution is -0.137. The molecule has 2 aliphatic rings. The minimum absolute atomic E-state index is 0.0214. The summed E-state index contributed by atoms with van der Waals surface area (Å²) in [6.07, 6.45) is 0.0560. The van der Waals surface area contributed by atoms with Gasteiger partial charge in [0, 0.05) is 44.5 Å². The Labute approximate surface area is 220 Å². The van der Waals surface area contributed by atoms with Gasteiger partial charge in [-0.1, -0.05) is 32.0 Å². The molecule has 38 heavy (non-hydrogen) atoms. The van der Waals surface area contributed by atoms with E-state index in [1.54, 1.807) is 6.20 Å². The molecular weight excluding hydrogens is 491 g/mol. The Balaban J connectivity index is 1.22. The molecule has 0 saturated heterocycles. The third kappa shape index (κ3) is 5.67. The van der Waals surface area contributed by atoms with Crippen molar-refractivity contribution in [2.45, 2.75) is 58.4 Å². The highest BCUT2D eigenvalue weighted by molar-refractivity contribution is 5.94. The first-order valence-electron chi connectivity index (χ1n) is 13.1. The van der Waals surface area contributed by atoms with Gasteiger partial charge in [-0.15, -0.1) is 0 Å². The third-order valence-electron chi connectivity index (χ3n) is 7.23. The van der Waals surface area contributed by atoms with Gasteiger partial charge in [0.1, 0.15) is 5.82 Å². The number of hydrogen-bond acceptors (Lipinski definition) is 5. The zero-order chi connectivity index (χ0) is 26.9. The van der Waals surface area contributed by atoms with Crippen molar-refractivity contribution in [1.82, 2.24) is 20.2 Å². The smallest absolute Gasteiger partial charge is 0.370 e. The second kappa shape index (κ2) is 10.7. The number of hydrogen-bond donors (Lipinski definition) is 2. The van der Waals surface area contributed by atoms with Gasteiger partial charge in [-0.25, -0.2) is 4.98 Å². The molecule has 2 aliphatic heterocycles. The quantitative estimate of drug-likeness (QED) is 0.426. The van der Waals surface area contributed by atoms with Crippen LogP contribution in [0.4, 0.5) is 19.0 Å². The summed E-state index contributed by atoms with van der Waals surface area (Å²) in [5, 5.41) is 6.31. The summed E-state index contributed by atoms with van der Waals surface area (Å²) in [6.45, 7) is 6.69. The first-order chi connectivity index (χ1) is 18.2. The van der Waals surface area contributed by atoms with E-state index in [1.807, 2.05) is 12.1 Å². The number of halogens is 3. The van der Waals surface area contributed by atoms with Crippen LogP contribution < -0.4 is 10.6 Å². The maximum atomic E-state index is 12.9. The molecule has 200 valence electrons. The number of nitrogens with one attached hydrogen (secondary N) is 2. The van der Waals surface area contributed by atoms with Crippen LogP contribution in [-0.2, 0) is 32.1 Å². The molecule has 1 aromatic carbocycles. The largest absolute Gasteiger partial charge is 0.416 e. The highest BCUT2D eigenvalue weighted by Crippen LogP contribution is 2.39. The Morgan fingerprint density at radius 2 is 1.95 bits per heavy atom. The maximum Gasteiger partial charge on any atom is 0.416 e. The molecule has 6 nitrogen and oxygen atoms in total. The van der Waals surface area contributed by atoms with E-state index in [1.165, 1.54) is 17.7 Å². The lowest BCUT2D eigenvalue weighted by atomic mass is 9.99. The second-order valence-electron chi connectivity index (χ2n) is 10.4. The summed E-state index contributed by atoms with van der Waals surface area (Å²) in [7, 11) is 0. The minimum Gasteiger partial charge on any atom is -0.370 e. The molecule has 0 aliphatic carbocycles. The number of aromatic nitrogens is 2. The van der Waals surface area contributed by atoms with Crippen LogP contribution in [0.5, 0.6) is 0 Å². The van der Waals surface area contributed by atoms with Crippen LogP contribution in [0.25, 0.3) is 0 Å². The molecular formula is C29H32F3N5O. The summed E-state index contributed by atoms with van der Waals surface area (Å²) in [5.41, 5.74) is 4.73. The number of rotatable bonds is 7. The van der Waals surface area contributed by atoms with Crippen LogP contribution in [0.2, 0.25) is 0 Å². The second-order valence-corrected chi connectivity index (χ2v) is 10.4. The average molecular weight is 524 g/mol. The number of anilines is 1. The summed E-state index contributed by atoms with van der Waals surface area (Å²) in [4.78, 5) is 24.4. The van der Waals surface area contributed by atoms with Gasteiger partial charge in [0.2, 0.25) is 0 Å². The van der Waals surface area contributed by atoms with Gasteiger partial charge in [-0.2, -0.15) is 13.2 Å². The number of aryl methyl sites for hydroxylation is 1. The molecule has 0 fully saturated rings. The molecule has 2 aromatic heterocycles. The first-order valence-corrected chi connectivity index (χ1v) is 13.1. The Morgan fingerprint density at radius 3 is 2.68 bits per heavy atom. The lowest BCUT2D eigenvalue weighted by Gasteiger charge is -2.27. The van der Waals surface area contributed by atoms with E-state index in [0.29, 0.717) is 31.6 Å². The van der Waals surface area contributed by atoms with Gasteiger partial charge in [-0.05, 0) is 59.7 Å². The monoisotopic (exact) mass is 523 g/mol. The summed E-state index contributed by atoms with van der Waals surface area (Å²) in [6, 6.07) is 11.4. The molecule has 4 heterocycles. The summed E-state index contributed by atoms with van der Waals surface area (Å²) in [5.74, 6) is 1.01. The Bertz CT molecular complexity index is 1310. The number of carbonyl (C=O) groups is 1. The molecule has 0 bridgehead atoms. The standard InChI is InChI=1S/C29H32F3N5O/c1-18(2)26-25-22(17-37(26)16-19-5-8-23(9-6-19)29(30,31)32)14-21(15-35-25)28(38)34-13-11-24-10-7-20-4-3-12-33-27(20)36-24/h5-10,14-15,18,26H,3-4,11-13,16-17H2,1-2H3,(H,33,36)(H,34,38)/t26-/m0/s1. The predicted molar refractivity (Wildman–Crippen MR) is 140 cm³/mol. The van der Waals surface area contributed by atoms with E-state index in [9.17, 15) is 18.0 Å². The van der Waals surface area contributed by atoms with E-state index in [-0.39, 0.29) is 17.9 Å². The van der Waals surface area contributed by atoms with Gasteiger partial charge in [-0.3, -0.25) is 14.7 Å². The van der Waals surface area contributed by atoms with Crippen LogP contribution in [0.15, 0.2) is 48.7 Å². The first kappa shape index (κ1) is 26.2. The fraction of sp³-hybridized carbons (Fsp3) is 0.414. The molecule has 0 unspecified atom stereocenters. The molecule has 0 saturated carbocycles. The zero-order valence-electron chi connectivity index (χ0n) is 21.6. The van der Waals surface area contributed by atoms with Crippen LogP contribution in [0, 0.1) is 5.92 Å². The number of amides is 1. The van der Waals surface area contributed by atoms with Crippen LogP contribution in [-0.4, -0.2) is 33.9 Å². The number of fused-ring (bicyclic) bond motifs is 2. The van der Waals surface area contributed by atoms with E-state index in [2.05, 4.69) is 45.4 Å². The minimum atomic E-state index is -4.35. The van der Waals surface area contributed by atoms with Crippen molar-refractivity contribution in [3.05, 3.63) is 87.9 Å². The molecule has 0 spiro atoms. The van der Waals surface area contributed by atoms with Crippen molar-refractivity contribution in [2.75, 3.05) is 18.4 Å². The van der Waals surface area contributed by atoms with Crippen LogP contribution in [0.1, 0.15) is 70.3 Å². The number of carbonyl (C=O) groups excluding carboxylic acids is 1. The number of pyridine rings is 2. The summed E-state index contributed by atoms with van der Waals surface area (Å²) < 4.78 is 38.8. The topological polar surface area (TPSA) is 70.1 Å². The van der Waals surface area contributed by atoms with Crippen molar-refractivity contribution < 1.29 is 18.0 Å². The fourth-order valence-electron chi connectivity index (χ4n) is 5.37. The van der Waals surface area contributed by atoms with Crippen molar-refractivity contribution >= 4 is 11.7 Å². The van der Waals surface area contributed by atoms with Crippen molar-refractivity contribution in [2.24, 2.45) is 5.92 Å². The maximum absolute atomic E-state index is 12.9. The Hall–Kier alpha value is -3.46. The third-order valence-corrected chi connectivity index (χ3v) is 7.23. The van der Waals surface area contributed by atoms with Gasteiger partial charge in [0.25, 0.3) is 5.91 Å². The van der Waals surface area contributed by atoms with Gasteiger partial charge < -0.3 is 10.6 Å². The molecule has 9 heteroatoms. The highest BCUT2D eigenvalue weighted by atomic mass is 19.4. The van der Waals surface area contributed by atoms with Crippen molar-refractivity contribution in [1.29, 1.82) is 0 Å². The molecule has 5 rings (SSSR count). The van der Waals surface area contributed by atoms with E-state index in [0.717, 1.165) is 59.9 Å². The molecule has 3 aromatic rings. The average Bonchev–Trinajstić information content (AvgIpc) is 3.25. The number of benzene rings is 1. The van der Waals surface area contributed by atoms with Gasteiger partial charge in [0.05, 0.1) is 22.9 Å². The van der Waals surface area contributed by atoms with Crippen molar-refractivity contribution in [3.63, 3.8) is 0 Å². The molecule has 1 amide bonds. The predicted octanol–water partition coefficient (Wildman–Crippen LogP) is 5.54. The molecule has 2 N–H and O–H groups in total. The number of nitrogens with zero attached hydrogens (tertiary/aromatic N) is 3. The normalized spacial score (nSPS) is 17.2. The number of alkyl halides is 3.